The number of carbonyl (C=O) groups is 1. The Labute approximate surface area is 124 Å². The van der Waals surface area contributed by atoms with Gasteiger partial charge in [0.25, 0.3) is 11.6 Å². The average molecular weight is 343 g/mol. The van der Waals surface area contributed by atoms with Gasteiger partial charge in [0.15, 0.2) is 0 Å². The van der Waals surface area contributed by atoms with E-state index in [4.69, 9.17) is 5.11 Å². The molecule has 20 heavy (non-hydrogen) atoms. The predicted molar refractivity (Wildman–Crippen MR) is 76.5 cm³/mol. The normalized spacial score (nSPS) is 15.7. The number of nitrogens with one attached hydrogen (secondary N) is 1. The number of non-ortho nitro benzene ring substituents is 1. The van der Waals surface area contributed by atoms with E-state index in [1.165, 1.54) is 12.1 Å². The molecule has 0 heterocycles. The van der Waals surface area contributed by atoms with Gasteiger partial charge in [0.05, 0.1) is 4.92 Å². The Morgan fingerprint density at radius 2 is 2.20 bits per heavy atom. The van der Waals surface area contributed by atoms with Crippen LogP contribution in [0.15, 0.2) is 22.7 Å². The van der Waals surface area contributed by atoms with E-state index in [1.54, 1.807) is 6.07 Å². The molecule has 1 saturated carbocycles. The van der Waals surface area contributed by atoms with E-state index in [0.29, 0.717) is 16.8 Å². The number of hydrogen-bond donors (Lipinski definition) is 2. The first kappa shape index (κ1) is 14.9. The maximum absolute atomic E-state index is 12.2. The summed E-state index contributed by atoms with van der Waals surface area (Å²) in [5.41, 5.74) is 0.115. The smallest absolute Gasteiger partial charge is 0.271 e. The fourth-order valence-corrected chi connectivity index (χ4v) is 2.61. The number of hydrogen-bond acceptors (Lipinski definition) is 4. The molecule has 1 aromatic carbocycles. The number of rotatable bonds is 6. The average Bonchev–Trinajstić information content (AvgIpc) is 3.21. The fraction of sp³-hybridized carbons (Fsp3) is 0.462. The number of aliphatic hydroxyl groups is 1. The van der Waals surface area contributed by atoms with Gasteiger partial charge in [-0.1, -0.05) is 15.9 Å². The molecule has 1 fully saturated rings. The monoisotopic (exact) mass is 342 g/mol. The van der Waals surface area contributed by atoms with Crippen molar-refractivity contribution >= 4 is 27.5 Å². The third-order valence-electron chi connectivity index (χ3n) is 3.30. The number of nitro groups is 1. The van der Waals surface area contributed by atoms with Crippen molar-refractivity contribution in [2.75, 3.05) is 6.61 Å². The Morgan fingerprint density at radius 1 is 1.50 bits per heavy atom. The largest absolute Gasteiger partial charge is 0.396 e. The topological polar surface area (TPSA) is 92.5 Å². The van der Waals surface area contributed by atoms with Crippen LogP contribution in [0.5, 0.6) is 0 Å². The van der Waals surface area contributed by atoms with Crippen LogP contribution in [0, 0.1) is 16.0 Å². The molecule has 0 saturated heterocycles. The summed E-state index contributed by atoms with van der Waals surface area (Å²) in [4.78, 5) is 22.4. The first-order valence-corrected chi connectivity index (χ1v) is 7.17. The van der Waals surface area contributed by atoms with Crippen LogP contribution < -0.4 is 5.32 Å². The van der Waals surface area contributed by atoms with Crippen LogP contribution in [-0.4, -0.2) is 28.6 Å². The van der Waals surface area contributed by atoms with Gasteiger partial charge in [0, 0.05) is 34.8 Å². The van der Waals surface area contributed by atoms with Gasteiger partial charge >= 0.3 is 0 Å². The van der Waals surface area contributed by atoms with Crippen molar-refractivity contribution in [2.24, 2.45) is 5.92 Å². The molecule has 2 N–H and O–H groups in total. The predicted octanol–water partition coefficient (Wildman–Crippen LogP) is 2.25. The second-order valence-electron chi connectivity index (χ2n) is 4.88. The van der Waals surface area contributed by atoms with Gasteiger partial charge in [-0.15, -0.1) is 0 Å². The Balaban J connectivity index is 2.13. The summed E-state index contributed by atoms with van der Waals surface area (Å²) >= 11 is 3.16. The Kier molecular flexibility index (Phi) is 4.72. The number of halogens is 1. The zero-order chi connectivity index (χ0) is 14.7. The highest BCUT2D eigenvalue weighted by atomic mass is 79.9. The van der Waals surface area contributed by atoms with Crippen LogP contribution in [-0.2, 0) is 0 Å². The van der Waals surface area contributed by atoms with E-state index in [0.717, 1.165) is 12.8 Å². The van der Waals surface area contributed by atoms with Gasteiger partial charge in [0.2, 0.25) is 0 Å². The maximum atomic E-state index is 12.2. The molecule has 7 heteroatoms. The van der Waals surface area contributed by atoms with Crippen molar-refractivity contribution in [3.8, 4) is 0 Å². The second-order valence-corrected chi connectivity index (χ2v) is 5.80. The standard InChI is InChI=1S/C13H15BrN2O4/c14-10-5-9(6-11(7-10)16(19)20)13(18)15-12(3-4-17)8-1-2-8/h5-8,12,17H,1-4H2,(H,15,18). The summed E-state index contributed by atoms with van der Waals surface area (Å²) in [7, 11) is 0. The summed E-state index contributed by atoms with van der Waals surface area (Å²) in [5.74, 6) is 0.0630. The molecule has 6 nitrogen and oxygen atoms in total. The van der Waals surface area contributed by atoms with Crippen molar-refractivity contribution in [3.05, 3.63) is 38.3 Å². The molecular formula is C13H15BrN2O4. The lowest BCUT2D eigenvalue weighted by Gasteiger charge is -2.17. The molecule has 2 rings (SSSR count). The number of nitrogens with zero attached hydrogens (tertiary/aromatic N) is 1. The van der Waals surface area contributed by atoms with Crippen LogP contribution in [0.4, 0.5) is 5.69 Å². The molecule has 1 amide bonds. The van der Waals surface area contributed by atoms with E-state index < -0.39 is 4.92 Å². The minimum absolute atomic E-state index is 0.0140. The Hall–Kier alpha value is -1.47. The van der Waals surface area contributed by atoms with Crippen molar-refractivity contribution < 1.29 is 14.8 Å². The number of nitro benzene ring substituents is 1. The highest BCUT2D eigenvalue weighted by Crippen LogP contribution is 2.34. The summed E-state index contributed by atoms with van der Waals surface area (Å²) in [6.07, 6.45) is 2.60. The van der Waals surface area contributed by atoms with Crippen molar-refractivity contribution in [3.63, 3.8) is 0 Å². The molecular weight excluding hydrogens is 328 g/mol. The molecule has 0 radical (unpaired) electrons. The van der Waals surface area contributed by atoms with E-state index in [1.807, 2.05) is 0 Å². The number of amides is 1. The molecule has 1 atom stereocenters. The molecule has 0 aromatic heterocycles. The summed E-state index contributed by atoms with van der Waals surface area (Å²) in [6.45, 7) is 0.0140. The van der Waals surface area contributed by atoms with Crippen molar-refractivity contribution in [2.45, 2.75) is 25.3 Å². The lowest BCUT2D eigenvalue weighted by molar-refractivity contribution is -0.385. The minimum Gasteiger partial charge on any atom is -0.396 e. The van der Waals surface area contributed by atoms with E-state index in [9.17, 15) is 14.9 Å². The number of carbonyl (C=O) groups excluding carboxylic acids is 1. The Morgan fingerprint density at radius 3 is 2.75 bits per heavy atom. The SMILES string of the molecule is O=C(NC(CCO)C1CC1)c1cc(Br)cc([N+](=O)[O-])c1. The van der Waals surface area contributed by atoms with Crippen molar-refractivity contribution in [1.29, 1.82) is 0 Å². The summed E-state index contributed by atoms with van der Waals surface area (Å²) in [5, 5.41) is 22.6. The molecule has 0 bridgehead atoms. The molecule has 108 valence electrons. The molecule has 0 spiro atoms. The molecule has 0 aliphatic heterocycles. The summed E-state index contributed by atoms with van der Waals surface area (Å²) < 4.78 is 0.488. The zero-order valence-electron chi connectivity index (χ0n) is 10.7. The molecule has 1 aliphatic rings. The lowest BCUT2D eigenvalue weighted by Crippen LogP contribution is -2.37. The zero-order valence-corrected chi connectivity index (χ0v) is 12.3. The van der Waals surface area contributed by atoms with Gasteiger partial charge < -0.3 is 10.4 Å². The minimum atomic E-state index is -0.534. The lowest BCUT2D eigenvalue weighted by atomic mass is 10.1. The number of benzene rings is 1. The van der Waals surface area contributed by atoms with Gasteiger partial charge in [0.1, 0.15) is 0 Å². The van der Waals surface area contributed by atoms with Gasteiger partial charge in [-0.3, -0.25) is 14.9 Å². The number of aliphatic hydroxyl groups excluding tert-OH is 1. The Bertz CT molecular complexity index is 531. The quantitative estimate of drug-likeness (QED) is 0.612. The van der Waals surface area contributed by atoms with Crippen LogP contribution in [0.25, 0.3) is 0 Å². The first-order valence-electron chi connectivity index (χ1n) is 6.38. The van der Waals surface area contributed by atoms with Crippen LogP contribution in [0.2, 0.25) is 0 Å². The van der Waals surface area contributed by atoms with E-state index in [-0.39, 0.29) is 29.8 Å². The van der Waals surface area contributed by atoms with Crippen LogP contribution >= 0.6 is 15.9 Å². The third kappa shape index (κ3) is 3.77. The van der Waals surface area contributed by atoms with Crippen LogP contribution in [0.1, 0.15) is 29.6 Å². The van der Waals surface area contributed by atoms with E-state index in [2.05, 4.69) is 21.2 Å². The molecule has 1 aliphatic carbocycles. The molecule has 1 unspecified atom stereocenters. The fourth-order valence-electron chi connectivity index (χ4n) is 2.13. The highest BCUT2D eigenvalue weighted by molar-refractivity contribution is 9.10. The summed E-state index contributed by atoms with van der Waals surface area (Å²) in [6, 6.07) is 4.09. The van der Waals surface area contributed by atoms with Gasteiger partial charge in [-0.05, 0) is 31.2 Å². The van der Waals surface area contributed by atoms with Crippen molar-refractivity contribution in [1.82, 2.24) is 5.32 Å². The van der Waals surface area contributed by atoms with E-state index >= 15 is 0 Å². The molecule has 1 aromatic rings. The van der Waals surface area contributed by atoms with Gasteiger partial charge in [-0.2, -0.15) is 0 Å². The third-order valence-corrected chi connectivity index (χ3v) is 3.76. The van der Waals surface area contributed by atoms with Crippen LogP contribution in [0.3, 0.4) is 0 Å². The van der Waals surface area contributed by atoms with Gasteiger partial charge in [-0.25, -0.2) is 0 Å². The second kappa shape index (κ2) is 6.32. The highest BCUT2D eigenvalue weighted by Gasteiger charge is 2.32. The first-order chi connectivity index (χ1) is 9.51. The maximum Gasteiger partial charge on any atom is 0.271 e.